The third-order valence-corrected chi connectivity index (χ3v) is 4.29. The number of carbonyl (C=O) groups excluding carboxylic acids is 1. The predicted molar refractivity (Wildman–Crippen MR) is 70.4 cm³/mol. The summed E-state index contributed by atoms with van der Waals surface area (Å²) in [7, 11) is 0. The van der Waals surface area contributed by atoms with Crippen LogP contribution in [0.4, 0.5) is 0 Å². The smallest absolute Gasteiger partial charge is 0.237 e. The molecule has 2 N–H and O–H groups in total. The molecule has 1 aliphatic carbocycles. The van der Waals surface area contributed by atoms with Crippen molar-refractivity contribution in [1.29, 1.82) is 0 Å². The molecule has 0 aromatic carbocycles. The number of aromatic nitrogens is 1. The van der Waals surface area contributed by atoms with Crippen LogP contribution in [0.5, 0.6) is 0 Å². The summed E-state index contributed by atoms with van der Waals surface area (Å²) >= 11 is 0. The summed E-state index contributed by atoms with van der Waals surface area (Å²) in [5.74, 6) is 1.49. The summed E-state index contributed by atoms with van der Waals surface area (Å²) in [6.07, 6.45) is 6.07. The largest absolute Gasteiger partial charge is 0.359 e. The van der Waals surface area contributed by atoms with Gasteiger partial charge in [0, 0.05) is 12.1 Å². The maximum absolute atomic E-state index is 12.1. The Morgan fingerprint density at radius 2 is 2.37 bits per heavy atom. The molecule has 1 aliphatic heterocycles. The van der Waals surface area contributed by atoms with E-state index in [0.29, 0.717) is 24.3 Å². The number of aryl methyl sites for hydroxylation is 1. The van der Waals surface area contributed by atoms with Gasteiger partial charge in [0.15, 0.2) is 5.76 Å². The van der Waals surface area contributed by atoms with Crippen LogP contribution in [-0.4, -0.2) is 23.1 Å². The maximum atomic E-state index is 12.1. The van der Waals surface area contributed by atoms with E-state index in [1.54, 1.807) is 0 Å². The van der Waals surface area contributed by atoms with Crippen molar-refractivity contribution in [3.63, 3.8) is 0 Å². The van der Waals surface area contributed by atoms with E-state index in [2.05, 4.69) is 15.8 Å². The van der Waals surface area contributed by atoms with Gasteiger partial charge in [-0.1, -0.05) is 18.0 Å². The summed E-state index contributed by atoms with van der Waals surface area (Å²) in [5, 5.41) is 10.2. The number of fused-ring (bicyclic) bond motifs is 1. The highest BCUT2D eigenvalue weighted by atomic mass is 16.5. The number of hydrogen-bond acceptors (Lipinski definition) is 4. The van der Waals surface area contributed by atoms with Gasteiger partial charge in [-0.3, -0.25) is 4.79 Å². The van der Waals surface area contributed by atoms with Crippen LogP contribution in [0.25, 0.3) is 0 Å². The number of rotatable bonds is 3. The third kappa shape index (κ3) is 2.81. The van der Waals surface area contributed by atoms with Crippen LogP contribution in [0, 0.1) is 12.8 Å². The van der Waals surface area contributed by atoms with Crippen molar-refractivity contribution in [3.8, 4) is 0 Å². The summed E-state index contributed by atoms with van der Waals surface area (Å²) in [5.41, 5.74) is 0.842. The van der Waals surface area contributed by atoms with Crippen molar-refractivity contribution >= 4 is 5.91 Å². The average molecular weight is 263 g/mol. The molecule has 2 heterocycles. The Morgan fingerprint density at radius 1 is 1.53 bits per heavy atom. The minimum absolute atomic E-state index is 0.0304. The van der Waals surface area contributed by atoms with Crippen molar-refractivity contribution < 1.29 is 9.32 Å². The van der Waals surface area contributed by atoms with Crippen molar-refractivity contribution in [3.05, 3.63) is 17.5 Å². The summed E-state index contributed by atoms with van der Waals surface area (Å²) in [4.78, 5) is 12.1. The highest BCUT2D eigenvalue weighted by Gasteiger charge is 2.38. The van der Waals surface area contributed by atoms with Gasteiger partial charge in [-0.2, -0.15) is 0 Å². The SMILES string of the molecule is Cc1cc(CNC(=O)C2CC3CCCCC3N2)on1. The second-order valence-corrected chi connectivity index (χ2v) is 5.76. The lowest BCUT2D eigenvalue weighted by atomic mass is 9.85. The topological polar surface area (TPSA) is 67.2 Å². The van der Waals surface area contributed by atoms with Crippen molar-refractivity contribution in [1.82, 2.24) is 15.8 Å². The zero-order valence-corrected chi connectivity index (χ0v) is 11.3. The molecule has 1 saturated heterocycles. The lowest BCUT2D eigenvalue weighted by Gasteiger charge is -2.24. The Balaban J connectivity index is 1.51. The van der Waals surface area contributed by atoms with Crippen LogP contribution in [-0.2, 0) is 11.3 Å². The Kier molecular flexibility index (Phi) is 3.55. The van der Waals surface area contributed by atoms with Gasteiger partial charge >= 0.3 is 0 Å². The van der Waals surface area contributed by atoms with E-state index in [4.69, 9.17) is 4.52 Å². The van der Waals surface area contributed by atoms with E-state index in [0.717, 1.165) is 12.1 Å². The lowest BCUT2D eigenvalue weighted by molar-refractivity contribution is -0.123. The fraction of sp³-hybridized carbons (Fsp3) is 0.714. The molecule has 1 aromatic heterocycles. The first-order chi connectivity index (χ1) is 9.22. The number of amides is 1. The molecule has 19 heavy (non-hydrogen) atoms. The average Bonchev–Trinajstić information content (AvgIpc) is 3.01. The molecule has 0 bridgehead atoms. The monoisotopic (exact) mass is 263 g/mol. The number of nitrogens with zero attached hydrogens (tertiary/aromatic N) is 1. The summed E-state index contributed by atoms with van der Waals surface area (Å²) in [6.45, 7) is 2.30. The molecule has 1 amide bonds. The van der Waals surface area contributed by atoms with Gasteiger partial charge in [0.1, 0.15) is 0 Å². The Hall–Kier alpha value is -1.36. The molecule has 1 aromatic rings. The molecule has 1 saturated carbocycles. The Morgan fingerprint density at radius 3 is 3.11 bits per heavy atom. The van der Waals surface area contributed by atoms with Crippen LogP contribution in [0.1, 0.15) is 43.6 Å². The molecule has 3 rings (SSSR count). The number of nitrogens with one attached hydrogen (secondary N) is 2. The Bertz CT molecular complexity index is 443. The molecule has 5 nitrogen and oxygen atoms in total. The van der Waals surface area contributed by atoms with E-state index in [-0.39, 0.29) is 11.9 Å². The third-order valence-electron chi connectivity index (χ3n) is 4.29. The summed E-state index contributed by atoms with van der Waals surface area (Å²) < 4.78 is 5.09. The van der Waals surface area contributed by atoms with Gasteiger partial charge in [-0.25, -0.2) is 0 Å². The van der Waals surface area contributed by atoms with Crippen molar-refractivity contribution in [2.24, 2.45) is 5.92 Å². The van der Waals surface area contributed by atoms with E-state index in [1.807, 2.05) is 13.0 Å². The van der Waals surface area contributed by atoms with Gasteiger partial charge < -0.3 is 15.2 Å². The van der Waals surface area contributed by atoms with Crippen molar-refractivity contribution in [2.45, 2.75) is 57.7 Å². The fourth-order valence-corrected chi connectivity index (χ4v) is 3.32. The van der Waals surface area contributed by atoms with E-state index in [1.165, 1.54) is 25.7 Å². The lowest BCUT2D eigenvalue weighted by Crippen LogP contribution is -2.42. The predicted octanol–water partition coefficient (Wildman–Crippen LogP) is 1.52. The van der Waals surface area contributed by atoms with Gasteiger partial charge in [-0.05, 0) is 32.1 Å². The molecule has 104 valence electrons. The molecule has 3 unspecified atom stereocenters. The normalized spacial score (nSPS) is 30.1. The zero-order chi connectivity index (χ0) is 13.2. The van der Waals surface area contributed by atoms with Crippen LogP contribution >= 0.6 is 0 Å². The summed E-state index contributed by atoms with van der Waals surface area (Å²) in [6, 6.07) is 2.37. The fourth-order valence-electron chi connectivity index (χ4n) is 3.32. The van der Waals surface area contributed by atoms with E-state index in [9.17, 15) is 4.79 Å². The van der Waals surface area contributed by atoms with E-state index < -0.39 is 0 Å². The van der Waals surface area contributed by atoms with E-state index >= 15 is 0 Å². The quantitative estimate of drug-likeness (QED) is 0.867. The van der Waals surface area contributed by atoms with Crippen LogP contribution in [0.2, 0.25) is 0 Å². The minimum Gasteiger partial charge on any atom is -0.359 e. The number of carbonyl (C=O) groups is 1. The highest BCUT2D eigenvalue weighted by Crippen LogP contribution is 2.33. The van der Waals surface area contributed by atoms with Gasteiger partial charge in [-0.15, -0.1) is 0 Å². The second kappa shape index (κ2) is 5.33. The maximum Gasteiger partial charge on any atom is 0.237 e. The number of hydrogen-bond donors (Lipinski definition) is 2. The molecule has 0 spiro atoms. The van der Waals surface area contributed by atoms with Crippen molar-refractivity contribution in [2.75, 3.05) is 0 Å². The minimum atomic E-state index is -0.0304. The first kappa shape index (κ1) is 12.7. The molecule has 2 aliphatic rings. The van der Waals surface area contributed by atoms with Crippen LogP contribution in [0.15, 0.2) is 10.6 Å². The molecule has 5 heteroatoms. The second-order valence-electron chi connectivity index (χ2n) is 5.76. The first-order valence-corrected chi connectivity index (χ1v) is 7.18. The molecule has 0 radical (unpaired) electrons. The standard InChI is InChI=1S/C14H21N3O2/c1-9-6-11(19-17-9)8-15-14(18)13-7-10-4-2-3-5-12(10)16-13/h6,10,12-13,16H,2-5,7-8H2,1H3,(H,15,18). The van der Waals surface area contributed by atoms with Gasteiger partial charge in [0.2, 0.25) is 5.91 Å². The molecular weight excluding hydrogens is 242 g/mol. The Labute approximate surface area is 113 Å². The first-order valence-electron chi connectivity index (χ1n) is 7.18. The molecule has 2 fully saturated rings. The highest BCUT2D eigenvalue weighted by molar-refractivity contribution is 5.82. The van der Waals surface area contributed by atoms with Crippen LogP contribution < -0.4 is 10.6 Å². The molecule has 3 atom stereocenters. The van der Waals surface area contributed by atoms with Crippen LogP contribution in [0.3, 0.4) is 0 Å². The zero-order valence-electron chi connectivity index (χ0n) is 11.3. The van der Waals surface area contributed by atoms with Gasteiger partial charge in [0.25, 0.3) is 0 Å². The van der Waals surface area contributed by atoms with Gasteiger partial charge in [0.05, 0.1) is 18.3 Å². The molecular formula is C14H21N3O2.